The van der Waals surface area contributed by atoms with Gasteiger partial charge in [-0.2, -0.15) is 0 Å². The molecule has 0 aliphatic carbocycles. The van der Waals surface area contributed by atoms with E-state index in [0.717, 1.165) is 0 Å². The first-order chi connectivity index (χ1) is 10.5. The molecule has 1 aliphatic heterocycles. The minimum absolute atomic E-state index is 0.140. The second-order valence-electron chi connectivity index (χ2n) is 5.05. The molecular weight excluding hydrogens is 292 g/mol. The Morgan fingerprint density at radius 3 is 2.68 bits per heavy atom. The van der Waals surface area contributed by atoms with E-state index in [-0.39, 0.29) is 11.7 Å². The number of aliphatic hydroxyl groups excluding tert-OH is 3. The van der Waals surface area contributed by atoms with Crippen molar-refractivity contribution >= 4 is 22.7 Å². The van der Waals surface area contributed by atoms with Gasteiger partial charge in [0, 0.05) is 11.8 Å². The maximum Gasteiger partial charge on any atom is 0.164 e. The molecule has 2 aromatic heterocycles. The molecule has 2 aromatic rings. The number of aliphatic hydroxyl groups is 3. The first kappa shape index (κ1) is 14.7. The SMILES string of the molecule is N=C(N)c1cn([C@@H]2O[C@H](CO)[C@@H](O)[C@H]2O)c2ncnc(N)c12. The molecule has 22 heavy (non-hydrogen) atoms. The smallest absolute Gasteiger partial charge is 0.164 e. The zero-order chi connectivity index (χ0) is 16.0. The Hall–Kier alpha value is -2.27. The van der Waals surface area contributed by atoms with Crippen molar-refractivity contribution < 1.29 is 20.1 Å². The summed E-state index contributed by atoms with van der Waals surface area (Å²) in [6.07, 6.45) is -1.73. The molecule has 0 amide bonds. The van der Waals surface area contributed by atoms with Crippen molar-refractivity contribution in [3.05, 3.63) is 18.1 Å². The van der Waals surface area contributed by atoms with Gasteiger partial charge in [0.15, 0.2) is 6.23 Å². The van der Waals surface area contributed by atoms with Crippen LogP contribution in [0, 0.1) is 5.41 Å². The minimum Gasteiger partial charge on any atom is -0.394 e. The average molecular weight is 308 g/mol. The molecule has 1 saturated heterocycles. The molecule has 0 saturated carbocycles. The Morgan fingerprint density at radius 1 is 1.36 bits per heavy atom. The van der Waals surface area contributed by atoms with Crippen molar-refractivity contribution in [1.29, 1.82) is 5.41 Å². The lowest BCUT2D eigenvalue weighted by Gasteiger charge is -2.17. The Labute approximate surface area is 124 Å². The lowest BCUT2D eigenvalue weighted by atomic mass is 10.1. The molecule has 1 fully saturated rings. The maximum absolute atomic E-state index is 10.1. The molecule has 1 aliphatic rings. The summed E-state index contributed by atoms with van der Waals surface area (Å²) < 4.78 is 6.89. The number of nitrogen functional groups attached to an aromatic ring is 2. The van der Waals surface area contributed by atoms with Crippen LogP contribution in [0.25, 0.3) is 11.0 Å². The molecule has 0 aromatic carbocycles. The van der Waals surface area contributed by atoms with Crippen LogP contribution in [0.15, 0.2) is 12.5 Å². The predicted octanol–water partition coefficient (Wildman–Crippen LogP) is -2.09. The van der Waals surface area contributed by atoms with Crippen molar-refractivity contribution in [2.24, 2.45) is 5.73 Å². The molecule has 3 heterocycles. The van der Waals surface area contributed by atoms with Gasteiger partial charge in [-0.05, 0) is 0 Å². The number of nitrogens with zero attached hydrogens (tertiary/aromatic N) is 3. The van der Waals surface area contributed by atoms with Gasteiger partial charge < -0.3 is 36.1 Å². The Balaban J connectivity index is 2.16. The summed E-state index contributed by atoms with van der Waals surface area (Å²) in [7, 11) is 0. The van der Waals surface area contributed by atoms with Crippen LogP contribution in [0.5, 0.6) is 0 Å². The number of nitrogens with two attached hydrogens (primary N) is 2. The normalized spacial score (nSPS) is 28.3. The van der Waals surface area contributed by atoms with E-state index < -0.39 is 31.1 Å². The van der Waals surface area contributed by atoms with Gasteiger partial charge in [-0.1, -0.05) is 0 Å². The number of hydrogen-bond donors (Lipinski definition) is 6. The highest BCUT2D eigenvalue weighted by molar-refractivity contribution is 6.09. The summed E-state index contributed by atoms with van der Waals surface area (Å²) in [5.74, 6) is -0.0994. The quantitative estimate of drug-likeness (QED) is 0.276. The van der Waals surface area contributed by atoms with E-state index in [9.17, 15) is 10.2 Å². The lowest BCUT2D eigenvalue weighted by Crippen LogP contribution is -2.33. The predicted molar refractivity (Wildman–Crippen MR) is 76.0 cm³/mol. The molecule has 4 atom stereocenters. The third-order valence-corrected chi connectivity index (χ3v) is 3.72. The van der Waals surface area contributed by atoms with Crippen LogP contribution in [0.4, 0.5) is 5.82 Å². The van der Waals surface area contributed by atoms with Gasteiger partial charge in [-0.25, -0.2) is 9.97 Å². The summed E-state index contributed by atoms with van der Waals surface area (Å²) in [5.41, 5.74) is 12.0. The van der Waals surface area contributed by atoms with Crippen molar-refractivity contribution in [3.63, 3.8) is 0 Å². The van der Waals surface area contributed by atoms with E-state index in [1.807, 2.05) is 0 Å². The summed E-state index contributed by atoms with van der Waals surface area (Å²) in [4.78, 5) is 7.95. The summed E-state index contributed by atoms with van der Waals surface area (Å²) in [5, 5.41) is 37.1. The van der Waals surface area contributed by atoms with E-state index >= 15 is 0 Å². The molecule has 0 unspecified atom stereocenters. The number of ether oxygens (including phenoxy) is 1. The minimum atomic E-state index is -1.27. The van der Waals surface area contributed by atoms with E-state index in [0.29, 0.717) is 16.6 Å². The molecule has 3 rings (SSSR count). The highest BCUT2D eigenvalue weighted by Gasteiger charge is 2.44. The Kier molecular flexibility index (Phi) is 3.45. The number of hydrogen-bond acceptors (Lipinski definition) is 8. The number of aromatic nitrogens is 3. The van der Waals surface area contributed by atoms with Gasteiger partial charge in [0.1, 0.15) is 41.9 Å². The first-order valence-electron chi connectivity index (χ1n) is 6.53. The molecule has 0 spiro atoms. The van der Waals surface area contributed by atoms with Crippen molar-refractivity contribution in [2.45, 2.75) is 24.5 Å². The molecule has 10 nitrogen and oxygen atoms in total. The number of nitrogens with one attached hydrogen (secondary N) is 1. The van der Waals surface area contributed by atoms with Crippen LogP contribution in [-0.4, -0.2) is 60.6 Å². The standard InChI is InChI=1S/C12H16N6O4/c13-9(14)4-1-18(11-6(4)10(15)16-3-17-11)12-8(21)7(20)5(2-19)22-12/h1,3,5,7-8,12,19-21H,2H2,(H3,13,14)(H2,15,16,17)/t5-,7-,8-,12-/m1/s1. The molecule has 0 bridgehead atoms. The molecular formula is C12H16N6O4. The van der Waals surface area contributed by atoms with Crippen LogP contribution in [0.3, 0.4) is 0 Å². The fourth-order valence-corrected chi connectivity index (χ4v) is 2.62. The number of amidine groups is 1. The Bertz CT molecular complexity index is 732. The zero-order valence-electron chi connectivity index (χ0n) is 11.4. The summed E-state index contributed by atoms with van der Waals surface area (Å²) in [6.45, 7) is -0.440. The van der Waals surface area contributed by atoms with Crippen molar-refractivity contribution in [3.8, 4) is 0 Å². The number of fused-ring (bicyclic) bond motifs is 1. The van der Waals surface area contributed by atoms with Crippen molar-refractivity contribution in [1.82, 2.24) is 14.5 Å². The monoisotopic (exact) mass is 308 g/mol. The molecule has 118 valence electrons. The van der Waals surface area contributed by atoms with E-state index in [4.69, 9.17) is 26.7 Å². The van der Waals surface area contributed by atoms with Crippen LogP contribution >= 0.6 is 0 Å². The second kappa shape index (κ2) is 5.18. The van der Waals surface area contributed by atoms with E-state index in [2.05, 4.69) is 9.97 Å². The number of anilines is 1. The average Bonchev–Trinajstić information content (AvgIpc) is 3.00. The van der Waals surface area contributed by atoms with Crippen LogP contribution in [0.1, 0.15) is 11.8 Å². The first-order valence-corrected chi connectivity index (χ1v) is 6.53. The number of rotatable bonds is 3. The largest absolute Gasteiger partial charge is 0.394 e. The van der Waals surface area contributed by atoms with Gasteiger partial charge in [0.25, 0.3) is 0 Å². The van der Waals surface area contributed by atoms with Gasteiger partial charge in [0.2, 0.25) is 0 Å². The topological polar surface area (TPSA) is 177 Å². The van der Waals surface area contributed by atoms with Crippen molar-refractivity contribution in [2.75, 3.05) is 12.3 Å². The third kappa shape index (κ3) is 2.01. The van der Waals surface area contributed by atoms with Crippen LogP contribution in [0.2, 0.25) is 0 Å². The summed E-state index contributed by atoms with van der Waals surface area (Å²) in [6, 6.07) is 0. The van der Waals surface area contributed by atoms with E-state index in [1.165, 1.54) is 17.1 Å². The maximum atomic E-state index is 10.1. The van der Waals surface area contributed by atoms with Gasteiger partial charge in [-0.3, -0.25) is 5.41 Å². The highest BCUT2D eigenvalue weighted by Crippen LogP contribution is 2.34. The molecule has 0 radical (unpaired) electrons. The Morgan fingerprint density at radius 2 is 2.09 bits per heavy atom. The van der Waals surface area contributed by atoms with Gasteiger partial charge in [0.05, 0.1) is 12.0 Å². The van der Waals surface area contributed by atoms with E-state index in [1.54, 1.807) is 0 Å². The molecule has 8 N–H and O–H groups in total. The third-order valence-electron chi connectivity index (χ3n) is 3.72. The summed E-state index contributed by atoms with van der Waals surface area (Å²) >= 11 is 0. The zero-order valence-corrected chi connectivity index (χ0v) is 11.4. The van der Waals surface area contributed by atoms with Crippen LogP contribution < -0.4 is 11.5 Å². The molecule has 10 heteroatoms. The lowest BCUT2D eigenvalue weighted by molar-refractivity contribution is -0.0508. The second-order valence-corrected chi connectivity index (χ2v) is 5.05. The van der Waals surface area contributed by atoms with Crippen LogP contribution in [-0.2, 0) is 4.74 Å². The highest BCUT2D eigenvalue weighted by atomic mass is 16.6. The van der Waals surface area contributed by atoms with Gasteiger partial charge >= 0.3 is 0 Å². The fraction of sp³-hybridized carbons (Fsp3) is 0.417. The van der Waals surface area contributed by atoms with Gasteiger partial charge in [-0.15, -0.1) is 0 Å². The fourth-order valence-electron chi connectivity index (χ4n) is 2.62.